The number of amides is 1. The van der Waals surface area contributed by atoms with Crippen molar-refractivity contribution in [2.24, 2.45) is 0 Å². The summed E-state index contributed by atoms with van der Waals surface area (Å²) < 4.78 is 1.05. The zero-order valence-corrected chi connectivity index (χ0v) is 11.0. The maximum atomic E-state index is 11.5. The van der Waals surface area contributed by atoms with E-state index in [4.69, 9.17) is 6.42 Å². The molecule has 0 atom stereocenters. The molecule has 0 bridgehead atoms. The molecular weight excluding hydrogens is 315 g/mol. The Balaban J connectivity index is 2.29. The summed E-state index contributed by atoms with van der Waals surface area (Å²) in [7, 11) is 0. The van der Waals surface area contributed by atoms with Crippen molar-refractivity contribution in [1.29, 1.82) is 0 Å². The zero-order chi connectivity index (χ0) is 11.8. The number of hydrogen-bond donors (Lipinski definition) is 1. The highest BCUT2D eigenvalue weighted by molar-refractivity contribution is 14.1. The molecule has 1 amide bonds. The van der Waals surface area contributed by atoms with Gasteiger partial charge in [0.05, 0.1) is 0 Å². The van der Waals surface area contributed by atoms with Crippen molar-refractivity contribution in [3.63, 3.8) is 0 Å². The maximum absolute atomic E-state index is 11.5. The number of rotatable bonds is 5. The fourth-order valence-electron chi connectivity index (χ4n) is 1.17. The molecule has 3 nitrogen and oxygen atoms in total. The standard InChI is InChI=1S/C12H13IN2O/c1-2-3-4-5-6-12(16)15-11-8-7-10(13)9-14-11/h1,7-9H,3-6H2,(H,14,15,16). The second-order valence-corrected chi connectivity index (χ2v) is 4.57. The van der Waals surface area contributed by atoms with Crippen molar-refractivity contribution < 1.29 is 4.79 Å². The monoisotopic (exact) mass is 328 g/mol. The number of nitrogens with one attached hydrogen (secondary N) is 1. The number of terminal acetylenes is 1. The molecule has 0 saturated carbocycles. The Hall–Kier alpha value is -1.09. The summed E-state index contributed by atoms with van der Waals surface area (Å²) >= 11 is 2.17. The van der Waals surface area contributed by atoms with E-state index in [2.05, 4.69) is 38.8 Å². The van der Waals surface area contributed by atoms with Crippen molar-refractivity contribution in [2.75, 3.05) is 5.32 Å². The topological polar surface area (TPSA) is 42.0 Å². The van der Waals surface area contributed by atoms with Gasteiger partial charge < -0.3 is 5.32 Å². The smallest absolute Gasteiger partial charge is 0.225 e. The van der Waals surface area contributed by atoms with Crippen LogP contribution in [0.3, 0.4) is 0 Å². The van der Waals surface area contributed by atoms with E-state index in [1.807, 2.05) is 6.07 Å². The molecule has 0 aliphatic carbocycles. The summed E-state index contributed by atoms with van der Waals surface area (Å²) in [6.45, 7) is 0. The van der Waals surface area contributed by atoms with Crippen molar-refractivity contribution in [2.45, 2.75) is 25.7 Å². The molecule has 0 saturated heterocycles. The number of aromatic nitrogens is 1. The van der Waals surface area contributed by atoms with E-state index in [-0.39, 0.29) is 5.91 Å². The van der Waals surface area contributed by atoms with E-state index >= 15 is 0 Å². The molecule has 0 unspecified atom stereocenters. The third kappa shape index (κ3) is 5.12. The summed E-state index contributed by atoms with van der Waals surface area (Å²) in [5.41, 5.74) is 0. The average molecular weight is 328 g/mol. The fourth-order valence-corrected chi connectivity index (χ4v) is 1.49. The third-order valence-corrected chi connectivity index (χ3v) is 2.61. The van der Waals surface area contributed by atoms with Gasteiger partial charge in [-0.25, -0.2) is 4.98 Å². The summed E-state index contributed by atoms with van der Waals surface area (Å²) in [6.07, 6.45) is 9.78. The molecule has 1 rings (SSSR count). The van der Waals surface area contributed by atoms with Crippen LogP contribution in [0.15, 0.2) is 18.3 Å². The quantitative estimate of drug-likeness (QED) is 0.513. The molecule has 0 aromatic carbocycles. The van der Waals surface area contributed by atoms with Gasteiger partial charge in [0.2, 0.25) is 5.91 Å². The minimum atomic E-state index is -0.00858. The first-order valence-corrected chi connectivity index (χ1v) is 6.15. The number of nitrogens with zero attached hydrogens (tertiary/aromatic N) is 1. The van der Waals surface area contributed by atoms with Gasteiger partial charge in [0, 0.05) is 22.6 Å². The van der Waals surface area contributed by atoms with Crippen LogP contribution >= 0.6 is 22.6 Å². The number of carbonyl (C=O) groups is 1. The van der Waals surface area contributed by atoms with Crippen LogP contribution in [0.25, 0.3) is 0 Å². The lowest BCUT2D eigenvalue weighted by molar-refractivity contribution is -0.116. The van der Waals surface area contributed by atoms with Gasteiger partial charge in [-0.3, -0.25) is 4.79 Å². The number of pyridine rings is 1. The molecule has 1 aromatic heterocycles. The molecule has 1 aromatic rings. The average Bonchev–Trinajstić information content (AvgIpc) is 2.28. The van der Waals surface area contributed by atoms with E-state index in [1.165, 1.54) is 0 Å². The van der Waals surface area contributed by atoms with Crippen LogP contribution in [-0.4, -0.2) is 10.9 Å². The first-order valence-electron chi connectivity index (χ1n) is 5.07. The van der Waals surface area contributed by atoms with E-state index in [0.717, 1.165) is 22.8 Å². The maximum Gasteiger partial charge on any atom is 0.225 e. The first kappa shape index (κ1) is 13.0. The lowest BCUT2D eigenvalue weighted by Crippen LogP contribution is -2.12. The van der Waals surface area contributed by atoms with Gasteiger partial charge >= 0.3 is 0 Å². The molecule has 0 spiro atoms. The minimum Gasteiger partial charge on any atom is -0.311 e. The molecule has 0 aliphatic heterocycles. The zero-order valence-electron chi connectivity index (χ0n) is 8.87. The van der Waals surface area contributed by atoms with Crippen molar-refractivity contribution in [3.8, 4) is 12.3 Å². The summed E-state index contributed by atoms with van der Waals surface area (Å²) in [5, 5.41) is 2.74. The van der Waals surface area contributed by atoms with Gasteiger partial charge in [-0.15, -0.1) is 12.3 Å². The van der Waals surface area contributed by atoms with Crippen LogP contribution in [0.5, 0.6) is 0 Å². The van der Waals surface area contributed by atoms with Crippen molar-refractivity contribution in [3.05, 3.63) is 21.9 Å². The Labute approximate surface area is 109 Å². The molecule has 84 valence electrons. The Morgan fingerprint density at radius 2 is 2.31 bits per heavy atom. The predicted molar refractivity (Wildman–Crippen MR) is 72.9 cm³/mol. The molecule has 0 aliphatic rings. The Morgan fingerprint density at radius 3 is 2.94 bits per heavy atom. The van der Waals surface area contributed by atoms with Gasteiger partial charge in [-0.05, 0) is 47.6 Å². The number of unbranched alkanes of at least 4 members (excludes halogenated alkanes) is 2. The highest BCUT2D eigenvalue weighted by atomic mass is 127. The van der Waals surface area contributed by atoms with E-state index in [1.54, 1.807) is 12.3 Å². The molecule has 0 fully saturated rings. The predicted octanol–water partition coefficient (Wildman–Crippen LogP) is 2.82. The van der Waals surface area contributed by atoms with Crippen LogP contribution in [0, 0.1) is 15.9 Å². The van der Waals surface area contributed by atoms with Crippen LogP contribution in [-0.2, 0) is 4.79 Å². The number of carbonyl (C=O) groups excluding carboxylic acids is 1. The van der Waals surface area contributed by atoms with Crippen LogP contribution in [0.2, 0.25) is 0 Å². The Bertz CT molecular complexity index is 381. The molecule has 0 radical (unpaired) electrons. The Morgan fingerprint density at radius 1 is 1.50 bits per heavy atom. The largest absolute Gasteiger partial charge is 0.311 e. The normalized spacial score (nSPS) is 9.50. The van der Waals surface area contributed by atoms with Crippen molar-refractivity contribution >= 4 is 34.3 Å². The lowest BCUT2D eigenvalue weighted by Gasteiger charge is -2.03. The summed E-state index contributed by atoms with van der Waals surface area (Å²) in [5.74, 6) is 3.14. The first-order chi connectivity index (χ1) is 7.72. The summed E-state index contributed by atoms with van der Waals surface area (Å²) in [4.78, 5) is 15.5. The minimum absolute atomic E-state index is 0.00858. The highest BCUT2D eigenvalue weighted by Crippen LogP contribution is 2.08. The van der Waals surface area contributed by atoms with Crippen molar-refractivity contribution in [1.82, 2.24) is 4.98 Å². The van der Waals surface area contributed by atoms with E-state index < -0.39 is 0 Å². The second kappa shape index (κ2) is 7.23. The van der Waals surface area contributed by atoms with Crippen LogP contribution < -0.4 is 5.32 Å². The van der Waals surface area contributed by atoms with Gasteiger partial charge in [-0.1, -0.05) is 0 Å². The molecule has 1 N–H and O–H groups in total. The van der Waals surface area contributed by atoms with Gasteiger partial charge in [0.25, 0.3) is 0 Å². The molecular formula is C12H13IN2O. The molecule has 16 heavy (non-hydrogen) atoms. The third-order valence-electron chi connectivity index (χ3n) is 1.97. The highest BCUT2D eigenvalue weighted by Gasteiger charge is 2.02. The SMILES string of the molecule is C#CCCCCC(=O)Nc1ccc(I)cn1. The van der Waals surface area contributed by atoms with E-state index in [9.17, 15) is 4.79 Å². The lowest BCUT2D eigenvalue weighted by atomic mass is 10.2. The second-order valence-electron chi connectivity index (χ2n) is 3.32. The van der Waals surface area contributed by atoms with Gasteiger partial charge in [0.1, 0.15) is 5.82 Å². The summed E-state index contributed by atoms with van der Waals surface area (Å²) in [6, 6.07) is 3.70. The van der Waals surface area contributed by atoms with Crippen LogP contribution in [0.1, 0.15) is 25.7 Å². The number of halogens is 1. The number of hydrogen-bond acceptors (Lipinski definition) is 2. The fraction of sp³-hybridized carbons (Fsp3) is 0.333. The van der Waals surface area contributed by atoms with Crippen LogP contribution in [0.4, 0.5) is 5.82 Å². The van der Waals surface area contributed by atoms with Gasteiger partial charge in [0.15, 0.2) is 0 Å². The van der Waals surface area contributed by atoms with Gasteiger partial charge in [-0.2, -0.15) is 0 Å². The molecule has 4 heteroatoms. The number of anilines is 1. The van der Waals surface area contributed by atoms with E-state index in [0.29, 0.717) is 12.2 Å². The molecule has 1 heterocycles. The Kier molecular flexibility index (Phi) is 5.86.